The van der Waals surface area contributed by atoms with Crippen molar-refractivity contribution in [2.24, 2.45) is 0 Å². The number of hydrogen-bond acceptors (Lipinski definition) is 2. The van der Waals surface area contributed by atoms with E-state index in [9.17, 15) is 9.59 Å². The summed E-state index contributed by atoms with van der Waals surface area (Å²) in [6.45, 7) is 1.50. The second kappa shape index (κ2) is 5.72. The topological polar surface area (TPSA) is 58.2 Å². The first-order chi connectivity index (χ1) is 8.62. The Morgan fingerprint density at radius 3 is 2.17 bits per heavy atom. The van der Waals surface area contributed by atoms with Crippen molar-refractivity contribution in [1.82, 2.24) is 10.6 Å². The molecule has 4 nitrogen and oxygen atoms in total. The Morgan fingerprint density at radius 1 is 1.00 bits per heavy atom. The zero-order valence-electron chi connectivity index (χ0n) is 11.3. The summed E-state index contributed by atoms with van der Waals surface area (Å²) in [7, 11) is 0. The molecular formula is C14H24N2O2. The molecule has 2 aliphatic rings. The lowest BCUT2D eigenvalue weighted by Crippen LogP contribution is -2.60. The molecule has 18 heavy (non-hydrogen) atoms. The molecule has 0 unspecified atom stereocenters. The van der Waals surface area contributed by atoms with E-state index in [1.807, 2.05) is 0 Å². The van der Waals surface area contributed by atoms with Crippen LogP contribution >= 0.6 is 0 Å². The first kappa shape index (κ1) is 13.4. The maximum Gasteiger partial charge on any atom is 0.245 e. The summed E-state index contributed by atoms with van der Waals surface area (Å²) >= 11 is 0. The van der Waals surface area contributed by atoms with Gasteiger partial charge in [-0.3, -0.25) is 9.59 Å². The van der Waals surface area contributed by atoms with Gasteiger partial charge in [0.05, 0.1) is 0 Å². The molecule has 0 saturated heterocycles. The largest absolute Gasteiger partial charge is 0.351 e. The van der Waals surface area contributed by atoms with Gasteiger partial charge < -0.3 is 10.6 Å². The number of amides is 2. The van der Waals surface area contributed by atoms with Gasteiger partial charge in [-0.05, 0) is 25.7 Å². The Morgan fingerprint density at radius 2 is 1.61 bits per heavy atom. The lowest BCUT2D eigenvalue weighted by molar-refractivity contribution is -0.134. The van der Waals surface area contributed by atoms with E-state index in [0.717, 1.165) is 44.9 Å². The van der Waals surface area contributed by atoms with Crippen LogP contribution in [0.4, 0.5) is 0 Å². The second-order valence-electron chi connectivity index (χ2n) is 5.78. The third-order valence-electron chi connectivity index (χ3n) is 4.25. The van der Waals surface area contributed by atoms with Crippen LogP contribution in [0.15, 0.2) is 0 Å². The molecule has 2 rings (SSSR count). The van der Waals surface area contributed by atoms with E-state index in [1.54, 1.807) is 0 Å². The van der Waals surface area contributed by atoms with E-state index in [-0.39, 0.29) is 11.8 Å². The van der Waals surface area contributed by atoms with Gasteiger partial charge in [-0.2, -0.15) is 0 Å². The van der Waals surface area contributed by atoms with E-state index >= 15 is 0 Å². The Kier molecular flexibility index (Phi) is 4.25. The average molecular weight is 252 g/mol. The van der Waals surface area contributed by atoms with Crippen LogP contribution in [0.25, 0.3) is 0 Å². The summed E-state index contributed by atoms with van der Waals surface area (Å²) in [4.78, 5) is 23.9. The highest BCUT2D eigenvalue weighted by Crippen LogP contribution is 2.29. The van der Waals surface area contributed by atoms with Gasteiger partial charge in [-0.15, -0.1) is 0 Å². The molecule has 0 aromatic carbocycles. The quantitative estimate of drug-likeness (QED) is 0.805. The number of carbonyl (C=O) groups excluding carboxylic acids is 2. The van der Waals surface area contributed by atoms with Gasteiger partial charge in [-0.25, -0.2) is 0 Å². The summed E-state index contributed by atoms with van der Waals surface area (Å²) in [5.74, 6) is -0.0530. The van der Waals surface area contributed by atoms with Crippen LogP contribution in [0.1, 0.15) is 64.7 Å². The SMILES string of the molecule is CC(=O)NC1(C(=O)NC2CCCC2)CCCCC1. The third-order valence-corrected chi connectivity index (χ3v) is 4.25. The van der Waals surface area contributed by atoms with Gasteiger partial charge in [-0.1, -0.05) is 32.1 Å². The average Bonchev–Trinajstić information content (AvgIpc) is 2.82. The van der Waals surface area contributed by atoms with E-state index < -0.39 is 5.54 Å². The van der Waals surface area contributed by atoms with E-state index in [1.165, 1.54) is 19.8 Å². The minimum atomic E-state index is -0.632. The molecule has 0 atom stereocenters. The van der Waals surface area contributed by atoms with E-state index in [4.69, 9.17) is 0 Å². The summed E-state index contributed by atoms with van der Waals surface area (Å²) in [5, 5.41) is 6.06. The minimum Gasteiger partial charge on any atom is -0.351 e. The maximum atomic E-state index is 12.5. The van der Waals surface area contributed by atoms with Crippen molar-refractivity contribution in [3.8, 4) is 0 Å². The Hall–Kier alpha value is -1.06. The van der Waals surface area contributed by atoms with Crippen LogP contribution in [0, 0.1) is 0 Å². The fourth-order valence-corrected chi connectivity index (χ4v) is 3.29. The zero-order valence-corrected chi connectivity index (χ0v) is 11.3. The third kappa shape index (κ3) is 3.03. The predicted octanol–water partition coefficient (Wildman–Crippen LogP) is 1.88. The van der Waals surface area contributed by atoms with Crippen LogP contribution < -0.4 is 10.6 Å². The molecule has 0 bridgehead atoms. The highest BCUT2D eigenvalue weighted by molar-refractivity contribution is 5.91. The molecule has 0 spiro atoms. The Labute approximate surface area is 109 Å². The summed E-state index contributed by atoms with van der Waals surface area (Å²) in [6, 6.07) is 0.324. The molecular weight excluding hydrogens is 228 g/mol. The zero-order chi connectivity index (χ0) is 13.0. The normalized spacial score (nSPS) is 23.6. The van der Waals surface area contributed by atoms with Crippen molar-refractivity contribution in [2.75, 3.05) is 0 Å². The summed E-state index contributed by atoms with van der Waals surface area (Å²) in [5.41, 5.74) is -0.632. The maximum absolute atomic E-state index is 12.5. The lowest BCUT2D eigenvalue weighted by Gasteiger charge is -2.37. The Bertz CT molecular complexity index is 316. The molecule has 0 heterocycles. The molecule has 0 aromatic rings. The standard InChI is InChI=1S/C14H24N2O2/c1-11(17)16-14(9-5-2-6-10-14)13(18)15-12-7-3-4-8-12/h12H,2-10H2,1H3,(H,15,18)(H,16,17). The van der Waals surface area contributed by atoms with Crippen LogP contribution in [-0.4, -0.2) is 23.4 Å². The van der Waals surface area contributed by atoms with E-state index in [2.05, 4.69) is 10.6 Å². The molecule has 4 heteroatoms. The Balaban J connectivity index is 2.02. The van der Waals surface area contributed by atoms with Crippen LogP contribution in [0.5, 0.6) is 0 Å². The van der Waals surface area contributed by atoms with Crippen molar-refractivity contribution < 1.29 is 9.59 Å². The first-order valence-corrected chi connectivity index (χ1v) is 7.22. The molecule has 102 valence electrons. The molecule has 2 N–H and O–H groups in total. The molecule has 2 aliphatic carbocycles. The minimum absolute atomic E-state index is 0.0456. The number of rotatable bonds is 3. The van der Waals surface area contributed by atoms with Crippen molar-refractivity contribution >= 4 is 11.8 Å². The predicted molar refractivity (Wildman–Crippen MR) is 70.0 cm³/mol. The van der Waals surface area contributed by atoms with E-state index in [0.29, 0.717) is 6.04 Å². The second-order valence-corrected chi connectivity index (χ2v) is 5.78. The van der Waals surface area contributed by atoms with Gasteiger partial charge in [0.2, 0.25) is 11.8 Å². The van der Waals surface area contributed by atoms with Crippen molar-refractivity contribution in [1.29, 1.82) is 0 Å². The van der Waals surface area contributed by atoms with Crippen LogP contribution in [0.2, 0.25) is 0 Å². The van der Waals surface area contributed by atoms with Crippen LogP contribution in [-0.2, 0) is 9.59 Å². The molecule has 0 radical (unpaired) electrons. The van der Waals surface area contributed by atoms with Gasteiger partial charge >= 0.3 is 0 Å². The van der Waals surface area contributed by atoms with Crippen LogP contribution in [0.3, 0.4) is 0 Å². The summed E-state index contributed by atoms with van der Waals surface area (Å²) in [6.07, 6.45) is 9.37. The number of carbonyl (C=O) groups is 2. The van der Waals surface area contributed by atoms with Crippen molar-refractivity contribution in [3.63, 3.8) is 0 Å². The molecule has 0 aliphatic heterocycles. The molecule has 0 aromatic heterocycles. The van der Waals surface area contributed by atoms with Gasteiger partial charge in [0, 0.05) is 13.0 Å². The molecule has 2 saturated carbocycles. The molecule has 2 fully saturated rings. The lowest BCUT2D eigenvalue weighted by atomic mass is 9.80. The van der Waals surface area contributed by atoms with Gasteiger partial charge in [0.15, 0.2) is 0 Å². The van der Waals surface area contributed by atoms with Crippen molar-refractivity contribution in [3.05, 3.63) is 0 Å². The monoisotopic (exact) mass is 252 g/mol. The van der Waals surface area contributed by atoms with Gasteiger partial charge in [0.1, 0.15) is 5.54 Å². The first-order valence-electron chi connectivity index (χ1n) is 7.22. The smallest absolute Gasteiger partial charge is 0.245 e. The molecule has 2 amide bonds. The number of hydrogen-bond donors (Lipinski definition) is 2. The highest BCUT2D eigenvalue weighted by Gasteiger charge is 2.41. The summed E-state index contributed by atoms with van der Waals surface area (Å²) < 4.78 is 0. The highest BCUT2D eigenvalue weighted by atomic mass is 16.2. The van der Waals surface area contributed by atoms with Crippen molar-refractivity contribution in [2.45, 2.75) is 76.3 Å². The van der Waals surface area contributed by atoms with Gasteiger partial charge in [0.25, 0.3) is 0 Å². The number of nitrogens with one attached hydrogen (secondary N) is 2. The fraction of sp³-hybridized carbons (Fsp3) is 0.857. The fourth-order valence-electron chi connectivity index (χ4n) is 3.29.